The Labute approximate surface area is 201 Å². The first-order chi connectivity index (χ1) is 16.9. The van der Waals surface area contributed by atoms with Gasteiger partial charge in [-0.15, -0.1) is 0 Å². The molecule has 0 spiro atoms. The molecule has 3 aliphatic rings. The first kappa shape index (κ1) is 22.6. The topological polar surface area (TPSA) is 138 Å². The number of aliphatic imine (C=N–C) groups is 2. The molecule has 2 aromatic rings. The Morgan fingerprint density at radius 3 is 2.71 bits per heavy atom. The van der Waals surface area contributed by atoms with Gasteiger partial charge in [0.1, 0.15) is 6.04 Å². The average molecular weight is 476 g/mol. The Bertz CT molecular complexity index is 1290. The predicted molar refractivity (Wildman–Crippen MR) is 128 cm³/mol. The zero-order valence-corrected chi connectivity index (χ0v) is 19.3. The molecule has 1 saturated carbocycles. The number of benzene rings is 1. The molecule has 0 radical (unpaired) electrons. The van der Waals surface area contributed by atoms with Crippen LogP contribution in [0, 0.1) is 6.92 Å². The van der Waals surface area contributed by atoms with Gasteiger partial charge in [0.05, 0.1) is 12.2 Å². The van der Waals surface area contributed by atoms with Crippen molar-refractivity contribution >= 4 is 47.7 Å². The minimum absolute atomic E-state index is 0.0871. The summed E-state index contributed by atoms with van der Waals surface area (Å²) >= 11 is 0. The van der Waals surface area contributed by atoms with E-state index >= 15 is 0 Å². The number of fused-ring (bicyclic) bond motifs is 1. The second-order valence-corrected chi connectivity index (χ2v) is 9.00. The molecule has 1 saturated heterocycles. The van der Waals surface area contributed by atoms with Crippen LogP contribution in [0.25, 0.3) is 0 Å². The third-order valence-electron chi connectivity index (χ3n) is 6.71. The van der Waals surface area contributed by atoms with Crippen LogP contribution in [-0.4, -0.2) is 56.9 Å². The molecule has 180 valence electrons. The second kappa shape index (κ2) is 8.90. The van der Waals surface area contributed by atoms with Crippen LogP contribution < -0.4 is 10.6 Å². The lowest BCUT2D eigenvalue weighted by molar-refractivity contribution is -0.136. The van der Waals surface area contributed by atoms with E-state index in [4.69, 9.17) is 0 Å². The van der Waals surface area contributed by atoms with E-state index in [-0.39, 0.29) is 43.1 Å². The van der Waals surface area contributed by atoms with Crippen molar-refractivity contribution in [2.75, 3.05) is 5.32 Å². The molecule has 1 atom stereocenters. The van der Waals surface area contributed by atoms with Crippen molar-refractivity contribution in [3.8, 4) is 0 Å². The number of carbonyl (C=O) groups excluding carboxylic acids is 4. The zero-order chi connectivity index (χ0) is 24.7. The second-order valence-electron chi connectivity index (χ2n) is 9.00. The van der Waals surface area contributed by atoms with Crippen LogP contribution in [0.15, 0.2) is 34.4 Å². The molecule has 2 N–H and O–H groups in total. The van der Waals surface area contributed by atoms with Crippen LogP contribution in [0.4, 0.5) is 11.5 Å². The summed E-state index contributed by atoms with van der Waals surface area (Å²) in [5, 5.41) is 9.46. The standard InChI is InChI=1S/C24H25N7O4/c1-13-11-26-31(16-4-3-5-16)21(13)29-20(25-2)23(34)27-15-6-7-17-14(10-15)12-30(24(17)35)18-8-9-19(32)28-22(18)33/h6-7,10-11,16,18H,2-5,8-9,12H2,1H3,(H,27,34)(H,28,32,33)/b29-20-. The van der Waals surface area contributed by atoms with Crippen LogP contribution >= 0.6 is 0 Å². The van der Waals surface area contributed by atoms with Crippen LogP contribution in [0.2, 0.25) is 0 Å². The number of hydrogen-bond donors (Lipinski definition) is 2. The van der Waals surface area contributed by atoms with E-state index in [1.807, 2.05) is 11.6 Å². The monoisotopic (exact) mass is 475 g/mol. The fourth-order valence-electron chi connectivity index (χ4n) is 4.58. The molecule has 3 heterocycles. The Morgan fingerprint density at radius 1 is 1.23 bits per heavy atom. The highest BCUT2D eigenvalue weighted by Gasteiger charge is 2.39. The number of amides is 4. The molecule has 1 aromatic heterocycles. The van der Waals surface area contributed by atoms with E-state index in [1.54, 1.807) is 24.4 Å². The van der Waals surface area contributed by atoms with Gasteiger partial charge in [-0.05, 0) is 63.1 Å². The van der Waals surface area contributed by atoms with Gasteiger partial charge in [-0.3, -0.25) is 24.5 Å². The number of rotatable bonds is 4. The third kappa shape index (κ3) is 4.13. The van der Waals surface area contributed by atoms with Gasteiger partial charge in [-0.1, -0.05) is 0 Å². The lowest BCUT2D eigenvalue weighted by Crippen LogP contribution is -2.52. The minimum Gasteiger partial charge on any atom is -0.322 e. The van der Waals surface area contributed by atoms with Crippen LogP contribution in [0.3, 0.4) is 0 Å². The molecule has 5 rings (SSSR count). The van der Waals surface area contributed by atoms with Gasteiger partial charge in [0.15, 0.2) is 5.82 Å². The quantitative estimate of drug-likeness (QED) is 0.396. The smallest absolute Gasteiger partial charge is 0.293 e. The molecule has 1 unspecified atom stereocenters. The van der Waals surface area contributed by atoms with Crippen molar-refractivity contribution in [2.24, 2.45) is 9.98 Å². The molecule has 1 aliphatic carbocycles. The van der Waals surface area contributed by atoms with Crippen LogP contribution in [-0.2, 0) is 20.9 Å². The Morgan fingerprint density at radius 2 is 2.03 bits per heavy atom. The first-order valence-corrected chi connectivity index (χ1v) is 11.5. The maximum atomic E-state index is 12.9. The van der Waals surface area contributed by atoms with Crippen molar-refractivity contribution < 1.29 is 19.2 Å². The average Bonchev–Trinajstić information content (AvgIpc) is 3.30. The van der Waals surface area contributed by atoms with Gasteiger partial charge >= 0.3 is 0 Å². The maximum Gasteiger partial charge on any atom is 0.293 e. The highest BCUT2D eigenvalue weighted by atomic mass is 16.2. The first-order valence-electron chi connectivity index (χ1n) is 11.5. The molecule has 1 aromatic carbocycles. The third-order valence-corrected chi connectivity index (χ3v) is 6.71. The molecular formula is C24H25N7O4. The van der Waals surface area contributed by atoms with E-state index < -0.39 is 17.9 Å². The normalized spacial score (nSPS) is 20.4. The van der Waals surface area contributed by atoms with Gasteiger partial charge in [-0.2, -0.15) is 5.10 Å². The summed E-state index contributed by atoms with van der Waals surface area (Å²) in [6.07, 6.45) is 5.39. The Kier molecular flexibility index (Phi) is 5.75. The van der Waals surface area contributed by atoms with Crippen LogP contribution in [0.1, 0.15) is 59.6 Å². The van der Waals surface area contributed by atoms with Crippen molar-refractivity contribution in [1.82, 2.24) is 20.0 Å². The van der Waals surface area contributed by atoms with Gasteiger partial charge < -0.3 is 10.2 Å². The van der Waals surface area contributed by atoms with E-state index in [2.05, 4.69) is 32.4 Å². The largest absolute Gasteiger partial charge is 0.322 e. The number of aromatic nitrogens is 2. The summed E-state index contributed by atoms with van der Waals surface area (Å²) < 4.78 is 1.84. The van der Waals surface area contributed by atoms with Gasteiger partial charge in [0.2, 0.25) is 17.6 Å². The Balaban J connectivity index is 1.33. The molecule has 35 heavy (non-hydrogen) atoms. The van der Waals surface area contributed by atoms with E-state index in [0.29, 0.717) is 22.6 Å². The molecule has 4 amide bonds. The van der Waals surface area contributed by atoms with Gasteiger partial charge in [0, 0.05) is 29.8 Å². The van der Waals surface area contributed by atoms with E-state index in [0.717, 1.165) is 24.8 Å². The zero-order valence-electron chi connectivity index (χ0n) is 19.3. The highest BCUT2D eigenvalue weighted by molar-refractivity contribution is 6.43. The number of hydrogen-bond acceptors (Lipinski definition) is 6. The van der Waals surface area contributed by atoms with Crippen LogP contribution in [0.5, 0.6) is 0 Å². The van der Waals surface area contributed by atoms with Gasteiger partial charge in [0.25, 0.3) is 11.8 Å². The molecule has 0 bridgehead atoms. The molecular weight excluding hydrogens is 450 g/mol. The number of nitrogens with one attached hydrogen (secondary N) is 2. The fourth-order valence-corrected chi connectivity index (χ4v) is 4.58. The van der Waals surface area contributed by atoms with Gasteiger partial charge in [-0.25, -0.2) is 14.7 Å². The van der Waals surface area contributed by atoms with Crippen molar-refractivity contribution in [3.05, 3.63) is 41.1 Å². The molecule has 11 heteroatoms. The lowest BCUT2D eigenvalue weighted by Gasteiger charge is -2.29. The number of carbonyl (C=O) groups is 4. The van der Waals surface area contributed by atoms with Crippen molar-refractivity contribution in [2.45, 2.75) is 57.7 Å². The predicted octanol–water partition coefficient (Wildman–Crippen LogP) is 2.05. The summed E-state index contributed by atoms with van der Waals surface area (Å²) in [4.78, 5) is 59.2. The van der Waals surface area contributed by atoms with E-state index in [9.17, 15) is 19.2 Å². The molecule has 11 nitrogen and oxygen atoms in total. The fraction of sp³-hybridized carbons (Fsp3) is 0.375. The van der Waals surface area contributed by atoms with E-state index in [1.165, 1.54) is 4.90 Å². The number of imide groups is 1. The summed E-state index contributed by atoms with van der Waals surface area (Å²) in [5.74, 6) is -1.11. The van der Waals surface area contributed by atoms with Crippen molar-refractivity contribution in [3.63, 3.8) is 0 Å². The number of anilines is 1. The number of piperidine rings is 1. The lowest BCUT2D eigenvalue weighted by atomic mass is 9.93. The summed E-state index contributed by atoms with van der Waals surface area (Å²) in [5.41, 5.74) is 2.45. The summed E-state index contributed by atoms with van der Waals surface area (Å²) in [6, 6.07) is 4.51. The number of aryl methyl sites for hydroxylation is 1. The molecule has 2 aliphatic heterocycles. The molecule has 2 fully saturated rings. The Hall–Kier alpha value is -4.15. The number of amidine groups is 1. The summed E-state index contributed by atoms with van der Waals surface area (Å²) in [7, 11) is 0. The highest BCUT2D eigenvalue weighted by Crippen LogP contribution is 2.35. The van der Waals surface area contributed by atoms with Crippen molar-refractivity contribution in [1.29, 1.82) is 0 Å². The summed E-state index contributed by atoms with van der Waals surface area (Å²) in [6.45, 7) is 5.59. The maximum absolute atomic E-state index is 12.9. The number of nitrogens with zero attached hydrogens (tertiary/aromatic N) is 5. The SMILES string of the molecule is C=N/C(=N\c1c(C)cnn1C1CCC1)C(=O)Nc1ccc2c(c1)CN(C1CCC(=O)NC1=O)C2=O. The minimum atomic E-state index is -0.696.